The van der Waals surface area contributed by atoms with Crippen molar-refractivity contribution in [1.82, 2.24) is 4.98 Å². The predicted octanol–water partition coefficient (Wildman–Crippen LogP) is 2.24. The van der Waals surface area contributed by atoms with Crippen molar-refractivity contribution in [3.8, 4) is 0 Å². The third kappa shape index (κ3) is 2.62. The number of carboxylic acids is 1. The van der Waals surface area contributed by atoms with Crippen LogP contribution < -0.4 is 5.32 Å². The molecule has 2 aromatic heterocycles. The van der Waals surface area contributed by atoms with E-state index in [1.807, 2.05) is 0 Å². The molecule has 1 amide bonds. The van der Waals surface area contributed by atoms with E-state index in [1.165, 1.54) is 12.3 Å². The number of aryl methyl sites for hydroxylation is 2. The monoisotopic (exact) mass is 260 g/mol. The predicted molar refractivity (Wildman–Crippen MR) is 67.3 cm³/mol. The second-order valence-electron chi connectivity index (χ2n) is 3.99. The Hall–Kier alpha value is -2.63. The number of rotatable bonds is 3. The second kappa shape index (κ2) is 4.93. The summed E-state index contributed by atoms with van der Waals surface area (Å²) < 4.78 is 5.26. The Morgan fingerprint density at radius 3 is 2.68 bits per heavy atom. The third-order valence-corrected chi connectivity index (χ3v) is 2.54. The highest BCUT2D eigenvalue weighted by Gasteiger charge is 2.17. The topological polar surface area (TPSA) is 92.4 Å². The summed E-state index contributed by atoms with van der Waals surface area (Å²) in [7, 11) is 0. The first-order chi connectivity index (χ1) is 8.99. The first-order valence-corrected chi connectivity index (χ1v) is 5.55. The van der Waals surface area contributed by atoms with Crippen LogP contribution in [0, 0.1) is 13.8 Å². The first-order valence-electron chi connectivity index (χ1n) is 5.55. The molecule has 0 aliphatic rings. The highest BCUT2D eigenvalue weighted by molar-refractivity contribution is 6.07. The summed E-state index contributed by atoms with van der Waals surface area (Å²) in [5, 5.41) is 11.5. The van der Waals surface area contributed by atoms with Gasteiger partial charge in [-0.25, -0.2) is 9.78 Å². The van der Waals surface area contributed by atoms with E-state index in [1.54, 1.807) is 26.0 Å². The number of amides is 1. The lowest BCUT2D eigenvalue weighted by Gasteiger charge is -2.06. The number of furan rings is 1. The van der Waals surface area contributed by atoms with Gasteiger partial charge in [-0.05, 0) is 32.0 Å². The summed E-state index contributed by atoms with van der Waals surface area (Å²) in [6, 6.07) is 4.63. The summed E-state index contributed by atoms with van der Waals surface area (Å²) in [5.74, 6) is -0.524. The molecule has 2 N–H and O–H groups in total. The third-order valence-electron chi connectivity index (χ3n) is 2.54. The van der Waals surface area contributed by atoms with E-state index in [9.17, 15) is 9.59 Å². The Labute approximate surface area is 109 Å². The molecule has 19 heavy (non-hydrogen) atoms. The molecule has 0 aromatic carbocycles. The number of carbonyl (C=O) groups excluding carboxylic acids is 1. The number of anilines is 1. The smallest absolute Gasteiger partial charge is 0.356 e. The lowest BCUT2D eigenvalue weighted by molar-refractivity contribution is 0.0691. The van der Waals surface area contributed by atoms with Gasteiger partial charge < -0.3 is 14.8 Å². The molecule has 0 saturated heterocycles. The van der Waals surface area contributed by atoms with E-state index in [-0.39, 0.29) is 11.4 Å². The Morgan fingerprint density at radius 2 is 2.11 bits per heavy atom. The summed E-state index contributed by atoms with van der Waals surface area (Å²) in [4.78, 5) is 26.7. The maximum atomic E-state index is 12.0. The molecular formula is C13H12N2O4. The minimum Gasteiger partial charge on any atom is -0.476 e. The number of carboxylic acid groups (broad SMARTS) is 1. The van der Waals surface area contributed by atoms with E-state index in [4.69, 9.17) is 9.52 Å². The fourth-order valence-electron chi connectivity index (χ4n) is 1.72. The van der Waals surface area contributed by atoms with Crippen LogP contribution in [0.15, 0.2) is 28.8 Å². The van der Waals surface area contributed by atoms with Crippen molar-refractivity contribution in [2.45, 2.75) is 13.8 Å². The number of hydrogen-bond acceptors (Lipinski definition) is 4. The number of pyridine rings is 1. The van der Waals surface area contributed by atoms with Gasteiger partial charge in [-0.15, -0.1) is 0 Å². The van der Waals surface area contributed by atoms with Crippen LogP contribution in [0.2, 0.25) is 0 Å². The normalized spacial score (nSPS) is 10.2. The molecule has 6 heteroatoms. The number of carbonyl (C=O) groups is 2. The van der Waals surface area contributed by atoms with Gasteiger partial charge in [0.05, 0.1) is 11.3 Å². The van der Waals surface area contributed by atoms with Crippen LogP contribution in [-0.2, 0) is 0 Å². The van der Waals surface area contributed by atoms with Crippen LogP contribution >= 0.6 is 0 Å². The molecule has 0 aliphatic heterocycles. The average Bonchev–Trinajstić information content (AvgIpc) is 2.69. The second-order valence-corrected chi connectivity index (χ2v) is 3.99. The van der Waals surface area contributed by atoms with E-state index in [0.717, 1.165) is 0 Å². The van der Waals surface area contributed by atoms with Crippen molar-refractivity contribution in [2.75, 3.05) is 5.32 Å². The maximum absolute atomic E-state index is 12.0. The number of hydrogen-bond donors (Lipinski definition) is 2. The lowest BCUT2D eigenvalue weighted by atomic mass is 10.2. The SMILES string of the molecule is Cc1cc(C(=O)Nc2cccnc2C(=O)O)c(C)o1. The van der Waals surface area contributed by atoms with Crippen molar-refractivity contribution in [3.05, 3.63) is 47.2 Å². The van der Waals surface area contributed by atoms with Gasteiger partial charge in [-0.2, -0.15) is 0 Å². The molecule has 0 unspecified atom stereocenters. The summed E-state index contributed by atoms with van der Waals surface area (Å²) >= 11 is 0. The molecule has 0 atom stereocenters. The highest BCUT2D eigenvalue weighted by Crippen LogP contribution is 2.17. The Balaban J connectivity index is 2.29. The molecule has 0 fully saturated rings. The number of aromatic nitrogens is 1. The van der Waals surface area contributed by atoms with Gasteiger partial charge >= 0.3 is 5.97 Å². The number of aromatic carboxylic acids is 1. The van der Waals surface area contributed by atoms with E-state index < -0.39 is 11.9 Å². The zero-order chi connectivity index (χ0) is 14.0. The van der Waals surface area contributed by atoms with Crippen molar-refractivity contribution < 1.29 is 19.1 Å². The molecule has 6 nitrogen and oxygen atoms in total. The molecule has 98 valence electrons. The van der Waals surface area contributed by atoms with Gasteiger partial charge in [0.2, 0.25) is 0 Å². The Bertz CT molecular complexity index is 646. The van der Waals surface area contributed by atoms with E-state index >= 15 is 0 Å². The molecule has 2 rings (SSSR count). The van der Waals surface area contributed by atoms with Crippen molar-refractivity contribution in [3.63, 3.8) is 0 Å². The largest absolute Gasteiger partial charge is 0.476 e. The lowest BCUT2D eigenvalue weighted by Crippen LogP contribution is -2.15. The fourth-order valence-corrected chi connectivity index (χ4v) is 1.72. The fraction of sp³-hybridized carbons (Fsp3) is 0.154. The van der Waals surface area contributed by atoms with E-state index in [2.05, 4.69) is 10.3 Å². The average molecular weight is 260 g/mol. The summed E-state index contributed by atoms with van der Waals surface area (Å²) in [5.41, 5.74) is 0.324. The van der Waals surface area contributed by atoms with Gasteiger partial charge in [-0.1, -0.05) is 0 Å². The highest BCUT2D eigenvalue weighted by atomic mass is 16.4. The van der Waals surface area contributed by atoms with Crippen LogP contribution in [0.3, 0.4) is 0 Å². The maximum Gasteiger partial charge on any atom is 0.356 e. The standard InChI is InChI=1S/C13H12N2O4/c1-7-6-9(8(2)19-7)12(16)15-10-4-3-5-14-11(10)13(17)18/h3-6H,1-2H3,(H,15,16)(H,17,18). The van der Waals surface area contributed by atoms with Gasteiger partial charge in [-0.3, -0.25) is 4.79 Å². The van der Waals surface area contributed by atoms with Crippen LogP contribution in [0.25, 0.3) is 0 Å². The van der Waals surface area contributed by atoms with E-state index in [0.29, 0.717) is 17.1 Å². The molecule has 2 aromatic rings. The molecule has 0 aliphatic carbocycles. The van der Waals surface area contributed by atoms with Crippen molar-refractivity contribution >= 4 is 17.6 Å². The molecule has 0 saturated carbocycles. The first kappa shape index (κ1) is 12.8. The minimum absolute atomic E-state index is 0.151. The van der Waals surface area contributed by atoms with Crippen LogP contribution in [0.5, 0.6) is 0 Å². The van der Waals surface area contributed by atoms with Crippen molar-refractivity contribution in [1.29, 1.82) is 0 Å². The van der Waals surface area contributed by atoms with Crippen molar-refractivity contribution in [2.24, 2.45) is 0 Å². The quantitative estimate of drug-likeness (QED) is 0.882. The molecular weight excluding hydrogens is 248 g/mol. The van der Waals surface area contributed by atoms with Crippen LogP contribution in [0.4, 0.5) is 5.69 Å². The summed E-state index contributed by atoms with van der Waals surface area (Å²) in [6.45, 7) is 3.40. The molecule has 0 radical (unpaired) electrons. The van der Waals surface area contributed by atoms with Gasteiger partial charge in [0.1, 0.15) is 11.5 Å². The van der Waals surface area contributed by atoms with Gasteiger partial charge in [0, 0.05) is 6.20 Å². The Morgan fingerprint density at radius 1 is 1.37 bits per heavy atom. The molecule has 0 bridgehead atoms. The molecule has 2 heterocycles. The Kier molecular flexibility index (Phi) is 3.33. The van der Waals surface area contributed by atoms with Crippen LogP contribution in [-0.4, -0.2) is 22.0 Å². The van der Waals surface area contributed by atoms with Gasteiger partial charge in [0.25, 0.3) is 5.91 Å². The zero-order valence-electron chi connectivity index (χ0n) is 10.4. The number of nitrogens with one attached hydrogen (secondary N) is 1. The zero-order valence-corrected chi connectivity index (χ0v) is 10.4. The van der Waals surface area contributed by atoms with Crippen LogP contribution in [0.1, 0.15) is 32.4 Å². The number of nitrogens with zero attached hydrogens (tertiary/aromatic N) is 1. The van der Waals surface area contributed by atoms with Gasteiger partial charge in [0.15, 0.2) is 5.69 Å². The minimum atomic E-state index is -1.20. The summed E-state index contributed by atoms with van der Waals surface area (Å²) in [6.07, 6.45) is 1.35. The molecule has 0 spiro atoms.